The van der Waals surface area contributed by atoms with Crippen molar-refractivity contribution in [1.29, 1.82) is 0 Å². The molecule has 0 spiro atoms. The number of carbonyl (C=O) groups is 2. The van der Waals surface area contributed by atoms with E-state index in [1.807, 2.05) is 0 Å². The lowest BCUT2D eigenvalue weighted by atomic mass is 10.1. The number of ether oxygens (including phenoxy) is 1. The van der Waals surface area contributed by atoms with Gasteiger partial charge in [0.15, 0.2) is 6.10 Å². The molecule has 0 aliphatic heterocycles. The summed E-state index contributed by atoms with van der Waals surface area (Å²) >= 11 is 0. The maximum atomic E-state index is 12.9. The van der Waals surface area contributed by atoms with E-state index in [1.54, 1.807) is 0 Å². The number of benzene rings is 2. The summed E-state index contributed by atoms with van der Waals surface area (Å²) in [5.41, 5.74) is 1.18. The second kappa shape index (κ2) is 8.99. The first-order chi connectivity index (χ1) is 14.3. The van der Waals surface area contributed by atoms with Crippen molar-refractivity contribution in [2.75, 3.05) is 0 Å². The summed E-state index contributed by atoms with van der Waals surface area (Å²) in [6.45, 7) is 1.57. The van der Waals surface area contributed by atoms with Crippen LogP contribution in [-0.4, -0.2) is 22.9 Å². The molecule has 1 amide bonds. The highest BCUT2D eigenvalue weighted by Crippen LogP contribution is 2.25. The first-order valence-corrected chi connectivity index (χ1v) is 8.91. The topological polar surface area (TPSA) is 112 Å². The normalized spacial score (nSPS) is 11.5. The summed E-state index contributed by atoms with van der Waals surface area (Å²) < 4.78 is 23.5. The zero-order valence-electron chi connectivity index (χ0n) is 15.8. The molecule has 0 saturated heterocycles. The van der Waals surface area contributed by atoms with Crippen molar-refractivity contribution in [3.05, 3.63) is 87.9 Å². The lowest BCUT2D eigenvalue weighted by Gasteiger charge is -2.12. The van der Waals surface area contributed by atoms with Crippen LogP contribution in [0.1, 0.15) is 23.0 Å². The van der Waals surface area contributed by atoms with Crippen LogP contribution in [0, 0.1) is 15.9 Å². The number of nitrogens with zero attached hydrogens (tertiary/aromatic N) is 1. The molecule has 0 bridgehead atoms. The Balaban J connectivity index is 1.56. The molecule has 0 fully saturated rings. The number of carbonyl (C=O) groups excluding carboxylic acids is 2. The van der Waals surface area contributed by atoms with E-state index < -0.39 is 22.9 Å². The molecule has 0 saturated carbocycles. The predicted molar refractivity (Wildman–Crippen MR) is 104 cm³/mol. The number of halogens is 1. The van der Waals surface area contributed by atoms with E-state index in [4.69, 9.17) is 9.15 Å². The van der Waals surface area contributed by atoms with Gasteiger partial charge in [0.2, 0.25) is 5.76 Å². The third-order valence-corrected chi connectivity index (χ3v) is 4.20. The van der Waals surface area contributed by atoms with E-state index in [-0.39, 0.29) is 23.8 Å². The van der Waals surface area contributed by atoms with Crippen LogP contribution in [0.2, 0.25) is 0 Å². The molecule has 8 nitrogen and oxygen atoms in total. The van der Waals surface area contributed by atoms with Crippen molar-refractivity contribution < 1.29 is 28.1 Å². The SMILES string of the molecule is C[C@H](OC(=O)c1ccc(-c2ccc([N+](=O)[O-])cc2)o1)C(=O)NCc1ccc(F)cc1. The Bertz CT molecular complexity index is 1060. The number of hydrogen-bond donors (Lipinski definition) is 1. The minimum absolute atomic E-state index is 0.0644. The fourth-order valence-electron chi connectivity index (χ4n) is 2.56. The maximum absolute atomic E-state index is 12.9. The van der Waals surface area contributed by atoms with E-state index >= 15 is 0 Å². The molecule has 1 N–H and O–H groups in total. The zero-order valence-corrected chi connectivity index (χ0v) is 15.8. The standard InChI is InChI=1S/C21H17FN2O6/c1-13(20(25)23-12-14-2-6-16(22)7-3-14)29-21(26)19-11-10-18(30-19)15-4-8-17(9-5-15)24(27)28/h2-11,13H,12H2,1H3,(H,23,25)/t13-/m0/s1. The Hall–Kier alpha value is -4.01. The largest absolute Gasteiger partial charge is 0.449 e. The average molecular weight is 412 g/mol. The summed E-state index contributed by atoms with van der Waals surface area (Å²) in [5, 5.41) is 13.3. The summed E-state index contributed by atoms with van der Waals surface area (Å²) in [4.78, 5) is 34.5. The number of esters is 1. The molecule has 3 aromatic rings. The van der Waals surface area contributed by atoms with Crippen LogP contribution < -0.4 is 5.32 Å². The quantitative estimate of drug-likeness (QED) is 0.358. The van der Waals surface area contributed by atoms with Crippen LogP contribution in [0.3, 0.4) is 0 Å². The molecule has 0 radical (unpaired) electrons. The van der Waals surface area contributed by atoms with E-state index in [0.717, 1.165) is 0 Å². The summed E-state index contributed by atoms with van der Waals surface area (Å²) in [7, 11) is 0. The third-order valence-electron chi connectivity index (χ3n) is 4.20. The van der Waals surface area contributed by atoms with Gasteiger partial charge in [-0.05, 0) is 48.9 Å². The molecule has 1 heterocycles. The number of nitro groups is 1. The lowest BCUT2D eigenvalue weighted by molar-refractivity contribution is -0.384. The number of nitrogens with one attached hydrogen (secondary N) is 1. The Labute approximate surface area is 170 Å². The summed E-state index contributed by atoms with van der Waals surface area (Å²) in [6, 6.07) is 14.2. The first-order valence-electron chi connectivity index (χ1n) is 8.91. The molecule has 1 aromatic heterocycles. The molecule has 3 rings (SSSR count). The van der Waals surface area contributed by atoms with Crippen LogP contribution in [0.15, 0.2) is 65.1 Å². The zero-order chi connectivity index (χ0) is 21.7. The van der Waals surface area contributed by atoms with Gasteiger partial charge in [-0.15, -0.1) is 0 Å². The fourth-order valence-corrected chi connectivity index (χ4v) is 2.56. The van der Waals surface area contributed by atoms with Gasteiger partial charge in [0.05, 0.1) is 4.92 Å². The van der Waals surface area contributed by atoms with Gasteiger partial charge in [-0.3, -0.25) is 14.9 Å². The van der Waals surface area contributed by atoms with E-state index in [0.29, 0.717) is 16.9 Å². The Morgan fingerprint density at radius 1 is 1.10 bits per heavy atom. The average Bonchev–Trinajstić information content (AvgIpc) is 3.23. The Kier molecular flexibility index (Phi) is 6.21. The van der Waals surface area contributed by atoms with Gasteiger partial charge in [-0.1, -0.05) is 12.1 Å². The molecule has 1 atom stereocenters. The van der Waals surface area contributed by atoms with Crippen LogP contribution in [0.4, 0.5) is 10.1 Å². The van der Waals surface area contributed by atoms with Gasteiger partial charge in [0, 0.05) is 24.2 Å². The maximum Gasteiger partial charge on any atom is 0.375 e. The lowest BCUT2D eigenvalue weighted by Crippen LogP contribution is -2.35. The van der Waals surface area contributed by atoms with Gasteiger partial charge < -0.3 is 14.5 Å². The molecule has 30 heavy (non-hydrogen) atoms. The van der Waals surface area contributed by atoms with Crippen molar-refractivity contribution in [2.45, 2.75) is 19.6 Å². The number of nitro benzene ring substituents is 1. The van der Waals surface area contributed by atoms with E-state index in [1.165, 1.54) is 67.6 Å². The highest BCUT2D eigenvalue weighted by atomic mass is 19.1. The molecule has 154 valence electrons. The predicted octanol–water partition coefficient (Wildman–Crippen LogP) is 3.86. The van der Waals surface area contributed by atoms with Crippen LogP contribution in [0.25, 0.3) is 11.3 Å². The van der Waals surface area contributed by atoms with Crippen molar-refractivity contribution in [1.82, 2.24) is 5.32 Å². The second-order valence-electron chi connectivity index (χ2n) is 6.36. The van der Waals surface area contributed by atoms with Gasteiger partial charge >= 0.3 is 5.97 Å². The van der Waals surface area contributed by atoms with Crippen LogP contribution in [-0.2, 0) is 16.1 Å². The number of hydrogen-bond acceptors (Lipinski definition) is 6. The minimum atomic E-state index is -1.08. The van der Waals surface area contributed by atoms with Gasteiger partial charge in [0.25, 0.3) is 11.6 Å². The summed E-state index contributed by atoms with van der Waals surface area (Å²) in [5.74, 6) is -1.51. The van der Waals surface area contributed by atoms with Gasteiger partial charge in [-0.2, -0.15) is 0 Å². The molecule has 9 heteroatoms. The second-order valence-corrected chi connectivity index (χ2v) is 6.36. The molecule has 0 aliphatic carbocycles. The highest BCUT2D eigenvalue weighted by Gasteiger charge is 2.21. The number of furan rings is 1. The number of non-ortho nitro benzene ring substituents is 1. The van der Waals surface area contributed by atoms with E-state index in [9.17, 15) is 24.1 Å². The highest BCUT2D eigenvalue weighted by molar-refractivity contribution is 5.90. The molecular weight excluding hydrogens is 395 g/mol. The van der Waals surface area contributed by atoms with Gasteiger partial charge in [-0.25, -0.2) is 9.18 Å². The monoisotopic (exact) mass is 412 g/mol. The minimum Gasteiger partial charge on any atom is -0.449 e. The van der Waals surface area contributed by atoms with E-state index in [2.05, 4.69) is 5.32 Å². The Morgan fingerprint density at radius 2 is 1.77 bits per heavy atom. The van der Waals surface area contributed by atoms with Crippen molar-refractivity contribution in [3.63, 3.8) is 0 Å². The summed E-state index contributed by atoms with van der Waals surface area (Å²) in [6.07, 6.45) is -1.08. The molecule has 0 unspecified atom stereocenters. The van der Waals surface area contributed by atoms with Crippen LogP contribution in [0.5, 0.6) is 0 Å². The molecular formula is C21H17FN2O6. The van der Waals surface area contributed by atoms with Crippen molar-refractivity contribution in [2.24, 2.45) is 0 Å². The first kappa shape index (κ1) is 20.7. The van der Waals surface area contributed by atoms with Gasteiger partial charge in [0.1, 0.15) is 11.6 Å². The fraction of sp³-hybridized carbons (Fsp3) is 0.143. The van der Waals surface area contributed by atoms with Crippen molar-refractivity contribution >= 4 is 17.6 Å². The molecule has 2 aromatic carbocycles. The third kappa shape index (κ3) is 5.07. The number of amides is 1. The Morgan fingerprint density at radius 3 is 2.40 bits per heavy atom. The van der Waals surface area contributed by atoms with Crippen LogP contribution >= 0.6 is 0 Å². The molecule has 0 aliphatic rings. The van der Waals surface area contributed by atoms with Crippen molar-refractivity contribution in [3.8, 4) is 11.3 Å². The number of rotatable bonds is 7. The smallest absolute Gasteiger partial charge is 0.375 e.